The van der Waals surface area contributed by atoms with Gasteiger partial charge >= 0.3 is 0 Å². The number of amides is 1. The second-order valence-corrected chi connectivity index (χ2v) is 9.54. The fourth-order valence-corrected chi connectivity index (χ4v) is 5.12. The minimum atomic E-state index is -3.96. The van der Waals surface area contributed by atoms with Gasteiger partial charge in [-0.2, -0.15) is 0 Å². The van der Waals surface area contributed by atoms with Gasteiger partial charge in [0, 0.05) is 18.7 Å². The predicted octanol–water partition coefficient (Wildman–Crippen LogP) is 5.13. The lowest BCUT2D eigenvalue weighted by atomic mass is 10.1. The van der Waals surface area contributed by atoms with E-state index in [4.69, 9.17) is 0 Å². The van der Waals surface area contributed by atoms with Gasteiger partial charge in [-0.3, -0.25) is 9.10 Å². The van der Waals surface area contributed by atoms with E-state index in [1.54, 1.807) is 18.2 Å². The van der Waals surface area contributed by atoms with E-state index < -0.39 is 21.7 Å². The number of rotatable bonds is 8. The number of carbonyl (C=O) groups is 1. The summed E-state index contributed by atoms with van der Waals surface area (Å²) in [5, 5.41) is 4.41. The smallest absolute Gasteiger partial charge is 0.264 e. The van der Waals surface area contributed by atoms with Crippen molar-refractivity contribution in [1.82, 2.24) is 5.32 Å². The van der Waals surface area contributed by atoms with Gasteiger partial charge < -0.3 is 5.32 Å². The van der Waals surface area contributed by atoms with Crippen molar-refractivity contribution < 1.29 is 22.0 Å². The highest BCUT2D eigenvalue weighted by Crippen LogP contribution is 2.26. The van der Waals surface area contributed by atoms with Crippen molar-refractivity contribution in [3.05, 3.63) is 108 Å². The first-order chi connectivity index (χ1) is 16.3. The molecular formula is C26H22F2N2O3S. The van der Waals surface area contributed by atoms with Gasteiger partial charge in [0.2, 0.25) is 0 Å². The van der Waals surface area contributed by atoms with E-state index in [0.29, 0.717) is 17.7 Å². The summed E-state index contributed by atoms with van der Waals surface area (Å²) < 4.78 is 54.9. The minimum Gasteiger partial charge on any atom is -0.352 e. The number of nitrogens with one attached hydrogen (secondary N) is 1. The summed E-state index contributed by atoms with van der Waals surface area (Å²) in [6, 6.07) is 22.7. The summed E-state index contributed by atoms with van der Waals surface area (Å²) in [7, 11) is -3.96. The fourth-order valence-electron chi connectivity index (χ4n) is 3.58. The highest BCUT2D eigenvalue weighted by Gasteiger charge is 2.25. The third-order valence-electron chi connectivity index (χ3n) is 5.35. The molecule has 0 saturated carbocycles. The highest BCUT2D eigenvalue weighted by atomic mass is 32.2. The Kier molecular flexibility index (Phi) is 6.88. The molecule has 0 aliphatic carbocycles. The van der Waals surface area contributed by atoms with E-state index in [9.17, 15) is 22.0 Å². The Balaban J connectivity index is 1.53. The Bertz CT molecular complexity index is 1410. The topological polar surface area (TPSA) is 66.5 Å². The van der Waals surface area contributed by atoms with Crippen LogP contribution in [0.1, 0.15) is 16.8 Å². The Labute approximate surface area is 196 Å². The SMILES string of the molecule is O=C(NCCCN(c1ccc(F)cc1)S(=O)(=O)c1ccc2ccccc2c1)c1ccc(F)cc1. The minimum absolute atomic E-state index is 0.0600. The Morgan fingerprint density at radius 2 is 1.41 bits per heavy atom. The van der Waals surface area contributed by atoms with Crippen molar-refractivity contribution in [2.24, 2.45) is 0 Å². The summed E-state index contributed by atoms with van der Waals surface area (Å²) in [6.45, 7) is 0.256. The maximum Gasteiger partial charge on any atom is 0.264 e. The second kappa shape index (κ2) is 10.0. The van der Waals surface area contributed by atoms with Crippen molar-refractivity contribution >= 4 is 32.4 Å². The standard InChI is InChI=1S/C26H22F2N2O3S/c27-22-9-6-20(7-10-22)26(31)29-16-3-17-30(24-13-11-23(28)12-14-24)34(32,33)25-15-8-19-4-1-2-5-21(19)18-25/h1-2,4-15,18H,3,16-17H2,(H,29,31). The van der Waals surface area contributed by atoms with Crippen LogP contribution >= 0.6 is 0 Å². The zero-order chi connectivity index (χ0) is 24.1. The van der Waals surface area contributed by atoms with Gasteiger partial charge in [0.25, 0.3) is 15.9 Å². The quantitative estimate of drug-likeness (QED) is 0.356. The monoisotopic (exact) mass is 480 g/mol. The molecule has 5 nitrogen and oxygen atoms in total. The van der Waals surface area contributed by atoms with Gasteiger partial charge in [-0.05, 0) is 77.9 Å². The van der Waals surface area contributed by atoms with Crippen molar-refractivity contribution in [1.29, 1.82) is 0 Å². The molecule has 8 heteroatoms. The van der Waals surface area contributed by atoms with Crippen LogP contribution in [0.25, 0.3) is 10.8 Å². The molecule has 0 fully saturated rings. The first-order valence-corrected chi connectivity index (χ1v) is 12.1. The third kappa shape index (κ3) is 5.23. The summed E-state index contributed by atoms with van der Waals surface area (Å²) in [5.41, 5.74) is 0.625. The molecule has 34 heavy (non-hydrogen) atoms. The molecule has 4 aromatic rings. The van der Waals surface area contributed by atoms with Gasteiger partial charge in [-0.25, -0.2) is 17.2 Å². The molecule has 1 N–H and O–H groups in total. The van der Waals surface area contributed by atoms with Crippen LogP contribution in [0, 0.1) is 11.6 Å². The summed E-state index contributed by atoms with van der Waals surface area (Å²) in [6.07, 6.45) is 0.303. The van der Waals surface area contributed by atoms with E-state index in [2.05, 4.69) is 5.32 Å². The van der Waals surface area contributed by atoms with Crippen LogP contribution in [-0.2, 0) is 10.0 Å². The van der Waals surface area contributed by atoms with E-state index in [-0.39, 0.29) is 23.9 Å². The maximum absolute atomic E-state index is 13.6. The largest absolute Gasteiger partial charge is 0.352 e. The molecule has 1 amide bonds. The number of anilines is 1. The Hall–Kier alpha value is -3.78. The highest BCUT2D eigenvalue weighted by molar-refractivity contribution is 7.92. The van der Waals surface area contributed by atoms with Gasteiger partial charge in [0.1, 0.15) is 11.6 Å². The van der Waals surface area contributed by atoms with Crippen molar-refractivity contribution in [3.8, 4) is 0 Å². The number of hydrogen-bond donors (Lipinski definition) is 1. The van der Waals surface area contributed by atoms with E-state index in [1.165, 1.54) is 52.8 Å². The molecule has 0 bridgehead atoms. The summed E-state index contributed by atoms with van der Waals surface area (Å²) >= 11 is 0. The molecule has 0 heterocycles. The van der Waals surface area contributed by atoms with Crippen LogP contribution in [0.4, 0.5) is 14.5 Å². The number of benzene rings is 4. The lowest BCUT2D eigenvalue weighted by Gasteiger charge is -2.25. The molecule has 0 aliphatic rings. The first kappa shape index (κ1) is 23.4. The Morgan fingerprint density at radius 1 is 0.794 bits per heavy atom. The van der Waals surface area contributed by atoms with Crippen molar-refractivity contribution in [2.45, 2.75) is 11.3 Å². The van der Waals surface area contributed by atoms with E-state index in [1.807, 2.05) is 24.3 Å². The second-order valence-electron chi connectivity index (χ2n) is 7.68. The van der Waals surface area contributed by atoms with E-state index in [0.717, 1.165) is 10.8 Å². The fraction of sp³-hybridized carbons (Fsp3) is 0.115. The summed E-state index contributed by atoms with van der Waals surface area (Å²) in [5.74, 6) is -1.30. The lowest BCUT2D eigenvalue weighted by Crippen LogP contribution is -2.34. The molecular weight excluding hydrogens is 458 g/mol. The maximum atomic E-state index is 13.6. The van der Waals surface area contributed by atoms with Gasteiger partial charge in [-0.15, -0.1) is 0 Å². The molecule has 0 saturated heterocycles. The van der Waals surface area contributed by atoms with Crippen molar-refractivity contribution in [3.63, 3.8) is 0 Å². The van der Waals surface area contributed by atoms with Crippen molar-refractivity contribution in [2.75, 3.05) is 17.4 Å². The predicted molar refractivity (Wildman–Crippen MR) is 128 cm³/mol. The molecule has 0 atom stereocenters. The number of nitrogens with zero attached hydrogens (tertiary/aromatic N) is 1. The number of halogens is 2. The first-order valence-electron chi connectivity index (χ1n) is 10.7. The zero-order valence-electron chi connectivity index (χ0n) is 18.1. The molecule has 174 valence electrons. The van der Waals surface area contributed by atoms with Gasteiger partial charge in [0.15, 0.2) is 0 Å². The number of carbonyl (C=O) groups excluding carboxylic acids is 1. The van der Waals surface area contributed by atoms with Crippen LogP contribution in [0.5, 0.6) is 0 Å². The lowest BCUT2D eigenvalue weighted by molar-refractivity contribution is 0.0953. The van der Waals surface area contributed by atoms with Crippen LogP contribution in [0.3, 0.4) is 0 Å². The molecule has 0 aliphatic heterocycles. The van der Waals surface area contributed by atoms with Gasteiger partial charge in [-0.1, -0.05) is 30.3 Å². The van der Waals surface area contributed by atoms with Crippen LogP contribution in [0.15, 0.2) is 95.9 Å². The van der Waals surface area contributed by atoms with Crippen LogP contribution < -0.4 is 9.62 Å². The molecule has 4 aromatic carbocycles. The number of sulfonamides is 1. The average Bonchev–Trinajstić information content (AvgIpc) is 2.84. The third-order valence-corrected chi connectivity index (χ3v) is 7.18. The molecule has 4 rings (SSSR count). The Morgan fingerprint density at radius 3 is 2.09 bits per heavy atom. The molecule has 0 aromatic heterocycles. The van der Waals surface area contributed by atoms with Gasteiger partial charge in [0.05, 0.1) is 10.6 Å². The van der Waals surface area contributed by atoms with Crippen LogP contribution in [-0.4, -0.2) is 27.4 Å². The molecule has 0 spiro atoms. The molecule has 0 unspecified atom stereocenters. The number of hydrogen-bond acceptors (Lipinski definition) is 3. The summed E-state index contributed by atoms with van der Waals surface area (Å²) in [4.78, 5) is 12.4. The van der Waals surface area contributed by atoms with Crippen LogP contribution in [0.2, 0.25) is 0 Å². The molecule has 0 radical (unpaired) electrons. The normalized spacial score (nSPS) is 11.4. The van der Waals surface area contributed by atoms with E-state index >= 15 is 0 Å². The number of fused-ring (bicyclic) bond motifs is 1. The average molecular weight is 481 g/mol. The zero-order valence-corrected chi connectivity index (χ0v) is 18.9.